The maximum Gasteiger partial charge on any atom is 0.146 e. The van der Waals surface area contributed by atoms with E-state index in [0.717, 1.165) is 25.0 Å². The van der Waals surface area contributed by atoms with E-state index in [-0.39, 0.29) is 5.82 Å². The van der Waals surface area contributed by atoms with Gasteiger partial charge >= 0.3 is 0 Å². The van der Waals surface area contributed by atoms with Gasteiger partial charge in [0.15, 0.2) is 0 Å². The predicted octanol–water partition coefficient (Wildman–Crippen LogP) is 4.26. The van der Waals surface area contributed by atoms with Crippen LogP contribution >= 0.6 is 0 Å². The Morgan fingerprint density at radius 2 is 2.27 bits per heavy atom. The summed E-state index contributed by atoms with van der Waals surface area (Å²) in [6, 6.07) is 3.03. The molecule has 0 aliphatic rings. The minimum atomic E-state index is -0.315. The van der Waals surface area contributed by atoms with Crippen molar-refractivity contribution >= 4 is 6.21 Å². The number of aliphatic imine (C=N–C) groups is 1. The zero-order valence-corrected chi connectivity index (χ0v) is 13.8. The Kier molecular flexibility index (Phi) is 8.11. The van der Waals surface area contributed by atoms with Crippen molar-refractivity contribution in [3.05, 3.63) is 53.8 Å². The van der Waals surface area contributed by atoms with E-state index in [2.05, 4.69) is 47.9 Å². The lowest BCUT2D eigenvalue weighted by molar-refractivity contribution is 0.579. The summed E-state index contributed by atoms with van der Waals surface area (Å²) < 4.78 is 13.7. The van der Waals surface area contributed by atoms with Crippen molar-refractivity contribution in [1.82, 2.24) is 10.3 Å². The lowest BCUT2D eigenvalue weighted by Gasteiger charge is -2.12. The summed E-state index contributed by atoms with van der Waals surface area (Å²) in [5, 5.41) is 3.16. The average molecular weight is 303 g/mol. The smallest absolute Gasteiger partial charge is 0.146 e. The molecule has 0 saturated heterocycles. The van der Waals surface area contributed by atoms with Gasteiger partial charge in [0, 0.05) is 19.0 Å². The monoisotopic (exact) mass is 303 g/mol. The quantitative estimate of drug-likeness (QED) is 0.547. The largest absolute Gasteiger partial charge is 0.383 e. The number of unbranched alkanes of at least 4 members (excludes halogenated alkanes) is 1. The normalized spacial score (nSPS) is 12.9. The molecule has 1 rings (SSSR count). The van der Waals surface area contributed by atoms with Gasteiger partial charge in [-0.05, 0) is 30.9 Å². The number of hydrogen-bond donors (Lipinski definition) is 1. The highest BCUT2D eigenvalue weighted by atomic mass is 19.1. The first-order chi connectivity index (χ1) is 10.6. The highest BCUT2D eigenvalue weighted by Crippen LogP contribution is 2.11. The van der Waals surface area contributed by atoms with Gasteiger partial charge in [-0.2, -0.15) is 0 Å². The van der Waals surface area contributed by atoms with E-state index in [1.807, 2.05) is 0 Å². The van der Waals surface area contributed by atoms with E-state index in [9.17, 15) is 4.39 Å². The molecular formula is C18H26FN3. The van der Waals surface area contributed by atoms with Gasteiger partial charge in [-0.15, -0.1) is 0 Å². The summed E-state index contributed by atoms with van der Waals surface area (Å²) in [7, 11) is 1.66. The summed E-state index contributed by atoms with van der Waals surface area (Å²) in [6.07, 6.45) is 9.10. The van der Waals surface area contributed by atoms with Gasteiger partial charge in [-0.3, -0.25) is 4.99 Å². The van der Waals surface area contributed by atoms with Gasteiger partial charge in [0.05, 0.1) is 17.9 Å². The Balaban J connectivity index is 2.51. The lowest BCUT2D eigenvalue weighted by atomic mass is 10.0. The summed E-state index contributed by atoms with van der Waals surface area (Å²) in [5.74, 6) is 0.104. The van der Waals surface area contributed by atoms with Crippen LogP contribution in [0.1, 0.15) is 44.5 Å². The highest BCUT2D eigenvalue weighted by Gasteiger charge is 2.06. The summed E-state index contributed by atoms with van der Waals surface area (Å²) in [4.78, 5) is 8.12. The van der Waals surface area contributed by atoms with Gasteiger partial charge in [-0.25, -0.2) is 9.37 Å². The molecule has 1 heterocycles. The van der Waals surface area contributed by atoms with E-state index in [1.165, 1.54) is 6.07 Å². The highest BCUT2D eigenvalue weighted by molar-refractivity contribution is 5.76. The molecule has 1 aromatic heterocycles. The van der Waals surface area contributed by atoms with E-state index in [0.29, 0.717) is 23.9 Å². The summed E-state index contributed by atoms with van der Waals surface area (Å²) >= 11 is 0. The van der Waals surface area contributed by atoms with Crippen LogP contribution in [0.2, 0.25) is 0 Å². The number of nitrogens with zero attached hydrogens (tertiary/aromatic N) is 2. The van der Waals surface area contributed by atoms with Crippen LogP contribution in [0, 0.1) is 11.7 Å². The molecule has 0 fully saturated rings. The van der Waals surface area contributed by atoms with Crippen molar-refractivity contribution in [3.63, 3.8) is 0 Å². The molecule has 0 spiro atoms. The molecule has 4 heteroatoms. The molecule has 1 N–H and O–H groups in total. The molecule has 0 radical (unpaired) electrons. The molecule has 0 amide bonds. The summed E-state index contributed by atoms with van der Waals surface area (Å²) in [6.45, 7) is 8.65. The van der Waals surface area contributed by atoms with Crippen LogP contribution in [0.15, 0.2) is 41.6 Å². The molecule has 0 saturated carbocycles. The maximum absolute atomic E-state index is 13.7. The number of hydrogen-bond acceptors (Lipinski definition) is 3. The third kappa shape index (κ3) is 6.66. The van der Waals surface area contributed by atoms with E-state index in [1.54, 1.807) is 19.3 Å². The fourth-order valence-electron chi connectivity index (χ4n) is 2.06. The predicted molar refractivity (Wildman–Crippen MR) is 91.5 cm³/mol. The SMILES string of the molecule is C=C(CC(C)/C=C/CCC)NCc1nc(C=NC)ccc1F. The zero-order valence-electron chi connectivity index (χ0n) is 13.8. The van der Waals surface area contributed by atoms with Crippen molar-refractivity contribution < 1.29 is 4.39 Å². The lowest BCUT2D eigenvalue weighted by Crippen LogP contribution is -2.16. The van der Waals surface area contributed by atoms with Crippen molar-refractivity contribution in [2.45, 2.75) is 39.7 Å². The van der Waals surface area contributed by atoms with Crippen molar-refractivity contribution in [1.29, 1.82) is 0 Å². The standard InChI is InChI=1S/C18H26FN3/c1-5-6-7-8-14(2)11-15(3)21-13-18-17(19)10-9-16(22-18)12-20-4/h7-10,12,14,21H,3,5-6,11,13H2,1-2,4H3/b8-7+,20-12?. The van der Waals surface area contributed by atoms with E-state index < -0.39 is 0 Å². The molecule has 0 aliphatic heterocycles. The first-order valence-corrected chi connectivity index (χ1v) is 7.72. The third-order valence-electron chi connectivity index (χ3n) is 3.20. The van der Waals surface area contributed by atoms with Crippen molar-refractivity contribution in [3.8, 4) is 0 Å². The second kappa shape index (κ2) is 9.87. The van der Waals surface area contributed by atoms with Gasteiger partial charge < -0.3 is 5.32 Å². The topological polar surface area (TPSA) is 37.3 Å². The van der Waals surface area contributed by atoms with Crippen molar-refractivity contribution in [2.24, 2.45) is 10.9 Å². The van der Waals surface area contributed by atoms with Gasteiger partial charge in [-0.1, -0.05) is 39.0 Å². The molecule has 1 unspecified atom stereocenters. The van der Waals surface area contributed by atoms with E-state index in [4.69, 9.17) is 0 Å². The molecule has 0 bridgehead atoms. The molecule has 120 valence electrons. The number of allylic oxidation sites excluding steroid dienone is 3. The van der Waals surface area contributed by atoms with Crippen LogP contribution in [0.3, 0.4) is 0 Å². The average Bonchev–Trinajstić information content (AvgIpc) is 2.48. The van der Waals surface area contributed by atoms with Gasteiger partial charge in [0.2, 0.25) is 0 Å². The number of rotatable bonds is 9. The third-order valence-corrected chi connectivity index (χ3v) is 3.20. The first kappa shape index (κ1) is 18.1. The number of pyridine rings is 1. The number of nitrogens with one attached hydrogen (secondary N) is 1. The van der Waals surface area contributed by atoms with Crippen LogP contribution in [0.5, 0.6) is 0 Å². The summed E-state index contributed by atoms with van der Waals surface area (Å²) in [5.41, 5.74) is 1.93. The van der Waals surface area contributed by atoms with Crippen molar-refractivity contribution in [2.75, 3.05) is 7.05 Å². The van der Waals surface area contributed by atoms with Crippen LogP contribution in [0.4, 0.5) is 4.39 Å². The van der Waals surface area contributed by atoms with Crippen LogP contribution in [-0.4, -0.2) is 18.2 Å². The Bertz CT molecular complexity index is 535. The van der Waals surface area contributed by atoms with Gasteiger partial charge in [0.25, 0.3) is 0 Å². The fourth-order valence-corrected chi connectivity index (χ4v) is 2.06. The van der Waals surface area contributed by atoms with Crippen LogP contribution in [0.25, 0.3) is 0 Å². The molecule has 1 aromatic rings. The maximum atomic E-state index is 13.7. The van der Waals surface area contributed by atoms with Gasteiger partial charge in [0.1, 0.15) is 5.82 Å². The second-order valence-electron chi connectivity index (χ2n) is 5.41. The molecule has 3 nitrogen and oxygen atoms in total. The van der Waals surface area contributed by atoms with E-state index >= 15 is 0 Å². The fraction of sp³-hybridized carbons (Fsp3) is 0.444. The molecule has 0 aromatic carbocycles. The second-order valence-corrected chi connectivity index (χ2v) is 5.41. The Morgan fingerprint density at radius 3 is 2.95 bits per heavy atom. The minimum absolute atomic E-state index is 0.315. The molecule has 0 aliphatic carbocycles. The van der Waals surface area contributed by atoms with Crippen LogP contribution < -0.4 is 5.32 Å². The minimum Gasteiger partial charge on any atom is -0.383 e. The van der Waals surface area contributed by atoms with Crippen LogP contribution in [-0.2, 0) is 6.54 Å². The Hall–Kier alpha value is -1.97. The first-order valence-electron chi connectivity index (χ1n) is 7.72. The Labute approximate surface area is 133 Å². The molecular weight excluding hydrogens is 277 g/mol. The zero-order chi connectivity index (χ0) is 16.4. The number of halogens is 1. The number of aromatic nitrogens is 1. The molecule has 22 heavy (non-hydrogen) atoms. The molecule has 1 atom stereocenters. The Morgan fingerprint density at radius 1 is 1.50 bits per heavy atom.